The molecular formula is C20H20ClN5OS. The predicted octanol–water partition coefficient (Wildman–Crippen LogP) is 4.31. The Morgan fingerprint density at radius 3 is 2.57 bits per heavy atom. The quantitative estimate of drug-likeness (QED) is 0.623. The summed E-state index contributed by atoms with van der Waals surface area (Å²) < 4.78 is 1.83. The van der Waals surface area contributed by atoms with E-state index in [-0.39, 0.29) is 23.9 Å². The summed E-state index contributed by atoms with van der Waals surface area (Å²) in [5.74, 6) is 0.228. The van der Waals surface area contributed by atoms with Crippen LogP contribution in [0.1, 0.15) is 18.5 Å². The third-order valence-electron chi connectivity index (χ3n) is 4.85. The van der Waals surface area contributed by atoms with Crippen LogP contribution in [-0.4, -0.2) is 33.0 Å². The number of thioether (sulfide) groups is 1. The lowest BCUT2D eigenvalue weighted by molar-refractivity contribution is -0.121. The largest absolute Gasteiger partial charge is 0.351 e. The monoisotopic (exact) mass is 413 g/mol. The zero-order chi connectivity index (χ0) is 19.7. The molecule has 0 saturated heterocycles. The fourth-order valence-corrected chi connectivity index (χ4v) is 4.00. The Morgan fingerprint density at radius 1 is 1.18 bits per heavy atom. The maximum absolute atomic E-state index is 13.3. The fraction of sp³-hybridized carbons (Fsp3) is 0.250. The lowest BCUT2D eigenvalue weighted by Gasteiger charge is -2.36. The molecule has 0 radical (unpaired) electrons. The predicted molar refractivity (Wildman–Crippen MR) is 113 cm³/mol. The third-order valence-corrected chi connectivity index (χ3v) is 5.64. The molecule has 6 nitrogen and oxygen atoms in total. The van der Waals surface area contributed by atoms with E-state index in [1.54, 1.807) is 24.3 Å². The molecule has 0 bridgehead atoms. The van der Waals surface area contributed by atoms with E-state index in [2.05, 4.69) is 20.7 Å². The molecule has 2 heterocycles. The lowest BCUT2D eigenvalue weighted by Crippen LogP contribution is -2.46. The first kappa shape index (κ1) is 18.8. The average Bonchev–Trinajstić information content (AvgIpc) is 3.12. The number of halogens is 1. The summed E-state index contributed by atoms with van der Waals surface area (Å²) in [6, 6.07) is 16.7. The van der Waals surface area contributed by atoms with Gasteiger partial charge in [0.2, 0.25) is 17.0 Å². The van der Waals surface area contributed by atoms with E-state index in [1.807, 2.05) is 48.2 Å². The number of benzene rings is 2. The van der Waals surface area contributed by atoms with E-state index in [0.717, 1.165) is 5.56 Å². The van der Waals surface area contributed by atoms with Gasteiger partial charge in [0, 0.05) is 16.8 Å². The van der Waals surface area contributed by atoms with Gasteiger partial charge < -0.3 is 10.6 Å². The van der Waals surface area contributed by atoms with Crippen molar-refractivity contribution in [2.75, 3.05) is 16.9 Å². The summed E-state index contributed by atoms with van der Waals surface area (Å²) in [5.41, 5.74) is 1.73. The van der Waals surface area contributed by atoms with Crippen molar-refractivity contribution in [3.05, 3.63) is 65.2 Å². The SMILES string of the molecule is CSc1nc2n(n1)[C@@H](c1ccccc1)[C@@H](C(=O)Nc1ccc(Cl)cc1)[C@@H](C)N2. The Kier molecular flexibility index (Phi) is 5.28. The van der Waals surface area contributed by atoms with Crippen molar-refractivity contribution in [1.29, 1.82) is 0 Å². The molecule has 1 aliphatic rings. The number of rotatable bonds is 4. The van der Waals surface area contributed by atoms with Gasteiger partial charge in [0.15, 0.2) is 0 Å². The van der Waals surface area contributed by atoms with E-state index in [9.17, 15) is 4.79 Å². The fourth-order valence-electron chi connectivity index (χ4n) is 3.53. The molecule has 0 spiro atoms. The first-order valence-electron chi connectivity index (χ1n) is 8.95. The highest BCUT2D eigenvalue weighted by Crippen LogP contribution is 2.37. The number of hydrogen-bond acceptors (Lipinski definition) is 5. The summed E-state index contributed by atoms with van der Waals surface area (Å²) in [4.78, 5) is 17.8. The van der Waals surface area contributed by atoms with Crippen LogP contribution in [0.2, 0.25) is 5.02 Å². The summed E-state index contributed by atoms with van der Waals surface area (Å²) in [6.45, 7) is 2.00. The van der Waals surface area contributed by atoms with Crippen LogP contribution < -0.4 is 10.6 Å². The molecule has 3 atom stereocenters. The number of nitrogens with zero attached hydrogens (tertiary/aromatic N) is 3. The van der Waals surface area contributed by atoms with Crippen LogP contribution in [0.25, 0.3) is 0 Å². The smallest absolute Gasteiger partial charge is 0.232 e. The van der Waals surface area contributed by atoms with Gasteiger partial charge in [-0.05, 0) is 43.0 Å². The Labute approximate surface area is 172 Å². The van der Waals surface area contributed by atoms with Crippen molar-refractivity contribution < 1.29 is 4.79 Å². The zero-order valence-corrected chi connectivity index (χ0v) is 17.0. The van der Waals surface area contributed by atoms with E-state index in [1.165, 1.54) is 11.8 Å². The van der Waals surface area contributed by atoms with E-state index in [0.29, 0.717) is 21.8 Å². The molecule has 0 unspecified atom stereocenters. The van der Waals surface area contributed by atoms with Gasteiger partial charge in [-0.1, -0.05) is 53.7 Å². The van der Waals surface area contributed by atoms with Crippen LogP contribution in [0.4, 0.5) is 11.6 Å². The van der Waals surface area contributed by atoms with Crippen molar-refractivity contribution >= 4 is 40.9 Å². The van der Waals surface area contributed by atoms with Crippen LogP contribution in [-0.2, 0) is 4.79 Å². The van der Waals surface area contributed by atoms with E-state index < -0.39 is 0 Å². The molecule has 8 heteroatoms. The number of hydrogen-bond donors (Lipinski definition) is 2. The topological polar surface area (TPSA) is 71.8 Å². The van der Waals surface area contributed by atoms with Gasteiger partial charge in [-0.3, -0.25) is 4.79 Å². The molecule has 3 aromatic rings. The van der Waals surface area contributed by atoms with Gasteiger partial charge in [-0.2, -0.15) is 4.98 Å². The minimum atomic E-state index is -0.373. The van der Waals surface area contributed by atoms with Crippen molar-refractivity contribution in [2.24, 2.45) is 5.92 Å². The highest BCUT2D eigenvalue weighted by molar-refractivity contribution is 7.98. The van der Waals surface area contributed by atoms with Crippen LogP contribution >= 0.6 is 23.4 Å². The molecule has 28 heavy (non-hydrogen) atoms. The molecule has 1 aliphatic heterocycles. The van der Waals surface area contributed by atoms with E-state index in [4.69, 9.17) is 11.6 Å². The standard InChI is InChI=1S/C20H20ClN5OS/c1-12-16(18(27)23-15-10-8-14(21)9-11-15)17(13-6-4-3-5-7-13)26-19(22-12)24-20(25-26)28-2/h3-12,16-17H,1-2H3,(H,23,27)(H,22,24,25)/t12-,16+,17+/m1/s1. The number of aromatic nitrogens is 3. The van der Waals surface area contributed by atoms with Crippen LogP contribution in [0.3, 0.4) is 0 Å². The normalized spacial score (nSPS) is 20.9. The first-order chi connectivity index (χ1) is 13.6. The molecule has 144 valence electrons. The van der Waals surface area contributed by atoms with Crippen molar-refractivity contribution in [1.82, 2.24) is 14.8 Å². The molecule has 0 saturated carbocycles. The van der Waals surface area contributed by atoms with Crippen LogP contribution in [0.15, 0.2) is 59.8 Å². The maximum atomic E-state index is 13.3. The van der Waals surface area contributed by atoms with E-state index >= 15 is 0 Å². The van der Waals surface area contributed by atoms with Crippen LogP contribution in [0, 0.1) is 5.92 Å². The van der Waals surface area contributed by atoms with Gasteiger partial charge >= 0.3 is 0 Å². The highest BCUT2D eigenvalue weighted by atomic mass is 35.5. The summed E-state index contributed by atoms with van der Waals surface area (Å²) >= 11 is 7.43. The van der Waals surface area contributed by atoms with Gasteiger partial charge in [-0.15, -0.1) is 5.10 Å². The Morgan fingerprint density at radius 2 is 1.89 bits per heavy atom. The Bertz CT molecular complexity index is 976. The highest BCUT2D eigenvalue weighted by Gasteiger charge is 2.41. The van der Waals surface area contributed by atoms with Crippen molar-refractivity contribution in [3.63, 3.8) is 0 Å². The zero-order valence-electron chi connectivity index (χ0n) is 15.5. The minimum absolute atomic E-state index is 0.0805. The van der Waals surface area contributed by atoms with Crippen LogP contribution in [0.5, 0.6) is 0 Å². The van der Waals surface area contributed by atoms with Gasteiger partial charge in [0.05, 0.1) is 12.0 Å². The summed E-state index contributed by atoms with van der Waals surface area (Å²) in [6.07, 6.45) is 1.94. The summed E-state index contributed by atoms with van der Waals surface area (Å²) in [5, 5.41) is 12.3. The Balaban J connectivity index is 1.73. The molecule has 1 aromatic heterocycles. The number of anilines is 2. The molecule has 2 N–H and O–H groups in total. The molecular weight excluding hydrogens is 394 g/mol. The van der Waals surface area contributed by atoms with Gasteiger partial charge in [-0.25, -0.2) is 4.68 Å². The number of carbonyl (C=O) groups is 1. The Hall–Kier alpha value is -2.51. The second-order valence-corrected chi connectivity index (χ2v) is 7.89. The minimum Gasteiger partial charge on any atom is -0.351 e. The number of nitrogens with one attached hydrogen (secondary N) is 2. The second kappa shape index (κ2) is 7.85. The average molecular weight is 414 g/mol. The first-order valence-corrected chi connectivity index (χ1v) is 10.6. The molecule has 1 amide bonds. The third kappa shape index (κ3) is 3.59. The second-order valence-electron chi connectivity index (χ2n) is 6.68. The van der Waals surface area contributed by atoms with Crippen molar-refractivity contribution in [2.45, 2.75) is 24.2 Å². The molecule has 0 aliphatic carbocycles. The number of amides is 1. The maximum Gasteiger partial charge on any atom is 0.232 e. The van der Waals surface area contributed by atoms with Gasteiger partial charge in [0.25, 0.3) is 0 Å². The molecule has 4 rings (SSSR count). The van der Waals surface area contributed by atoms with Gasteiger partial charge in [0.1, 0.15) is 0 Å². The number of carbonyl (C=O) groups excluding carboxylic acids is 1. The summed E-state index contributed by atoms with van der Waals surface area (Å²) in [7, 11) is 0. The molecule has 0 fully saturated rings. The number of fused-ring (bicyclic) bond motifs is 1. The molecule has 2 aromatic carbocycles. The van der Waals surface area contributed by atoms with Crippen molar-refractivity contribution in [3.8, 4) is 0 Å². The lowest BCUT2D eigenvalue weighted by atomic mass is 9.85.